The normalized spacial score (nSPS) is 11.5. The lowest BCUT2D eigenvalue weighted by molar-refractivity contribution is 0.146. The van der Waals surface area contributed by atoms with Gasteiger partial charge in [-0.1, -0.05) is 19.1 Å². The Morgan fingerprint density at radius 1 is 1.53 bits per heavy atom. The second-order valence-corrected chi connectivity index (χ2v) is 2.99. The minimum Gasteiger partial charge on any atom is -0.376 e. The highest BCUT2D eigenvalue weighted by Gasteiger charge is 2.09. The van der Waals surface area contributed by atoms with Crippen LogP contribution in [0.5, 0.6) is 5.88 Å². The van der Waals surface area contributed by atoms with Gasteiger partial charge >= 0.3 is 6.16 Å². The Kier molecular flexibility index (Phi) is 5.43. The van der Waals surface area contributed by atoms with E-state index in [1.807, 2.05) is 13.0 Å². The lowest BCUT2D eigenvalue weighted by Gasteiger charge is -2.03. The Morgan fingerprint density at radius 2 is 2.35 bits per heavy atom. The number of nitrogens with zero attached hydrogens (tertiary/aromatic N) is 2. The van der Waals surface area contributed by atoms with Crippen LogP contribution in [0, 0.1) is 0 Å². The molecule has 0 unspecified atom stereocenters. The van der Waals surface area contributed by atoms with Crippen LogP contribution in [0.25, 0.3) is 0 Å². The van der Waals surface area contributed by atoms with Crippen molar-refractivity contribution in [1.82, 2.24) is 4.98 Å². The van der Waals surface area contributed by atoms with Crippen LogP contribution in [0.3, 0.4) is 0 Å². The summed E-state index contributed by atoms with van der Waals surface area (Å²) in [5.74, 6) is 0.389. The average molecular weight is 234 g/mol. The summed E-state index contributed by atoms with van der Waals surface area (Å²) >= 11 is 0. The van der Waals surface area contributed by atoms with Crippen molar-refractivity contribution in [2.24, 2.45) is 4.99 Å². The monoisotopic (exact) mass is 234 g/mol. The van der Waals surface area contributed by atoms with E-state index in [9.17, 15) is 4.79 Å². The Labute approximate surface area is 99.8 Å². The summed E-state index contributed by atoms with van der Waals surface area (Å²) < 4.78 is 9.71. The predicted octanol–water partition coefficient (Wildman–Crippen LogP) is 2.59. The summed E-state index contributed by atoms with van der Waals surface area (Å²) in [5.41, 5.74) is 0. The Hall–Kier alpha value is -2.17. The van der Waals surface area contributed by atoms with Gasteiger partial charge in [-0.05, 0) is 18.6 Å². The Morgan fingerprint density at radius 3 is 2.94 bits per heavy atom. The number of carbonyl (C=O) groups is 1. The van der Waals surface area contributed by atoms with Gasteiger partial charge in [-0.3, -0.25) is 4.99 Å². The molecule has 0 aliphatic carbocycles. The lowest BCUT2D eigenvalue weighted by atomic mass is 10.4. The van der Waals surface area contributed by atoms with Crippen molar-refractivity contribution in [3.05, 3.63) is 36.5 Å². The molecular formula is C12H14N2O3. The van der Waals surface area contributed by atoms with Crippen LogP contribution in [0.1, 0.15) is 13.3 Å². The molecule has 0 saturated heterocycles. The molecule has 0 fully saturated rings. The van der Waals surface area contributed by atoms with Gasteiger partial charge in [-0.2, -0.15) is 0 Å². The summed E-state index contributed by atoms with van der Waals surface area (Å²) in [4.78, 5) is 19.0. The molecule has 0 aliphatic heterocycles. The number of carbonyl (C=O) groups excluding carboxylic acids is 1. The maximum atomic E-state index is 11.3. The smallest absolute Gasteiger partial charge is 0.376 e. The highest BCUT2D eigenvalue weighted by atomic mass is 16.7. The Balaban J connectivity index is 2.52. The third kappa shape index (κ3) is 4.92. The minimum atomic E-state index is -0.856. The molecule has 0 radical (unpaired) electrons. The van der Waals surface area contributed by atoms with Gasteiger partial charge in [0.15, 0.2) is 0 Å². The number of hydrogen-bond donors (Lipinski definition) is 0. The molecule has 5 nitrogen and oxygen atoms in total. The summed E-state index contributed by atoms with van der Waals surface area (Å²) in [5, 5.41) is 0. The van der Waals surface area contributed by atoms with E-state index < -0.39 is 6.16 Å². The first-order valence-electron chi connectivity index (χ1n) is 5.20. The molecule has 0 N–H and O–H groups in total. The number of allylic oxidation sites excluding steroid dienone is 1. The second kappa shape index (κ2) is 7.16. The van der Waals surface area contributed by atoms with Crippen LogP contribution >= 0.6 is 0 Å². The summed E-state index contributed by atoms with van der Waals surface area (Å²) in [6.07, 6.45) is 4.94. The molecule has 0 aromatic carbocycles. The molecule has 1 aromatic rings. The molecule has 0 atom stereocenters. The number of aliphatic imine (C=N–C) groups is 1. The molecule has 90 valence electrons. The maximum Gasteiger partial charge on any atom is 0.522 e. The van der Waals surface area contributed by atoms with E-state index in [1.165, 1.54) is 13.2 Å². The first-order valence-corrected chi connectivity index (χ1v) is 5.20. The summed E-state index contributed by atoms with van der Waals surface area (Å²) in [6, 6.07) is 4.99. The third-order valence-electron chi connectivity index (χ3n) is 1.73. The number of pyridine rings is 1. The first kappa shape index (κ1) is 12.9. The van der Waals surface area contributed by atoms with Gasteiger partial charge in [0.2, 0.25) is 11.8 Å². The molecule has 0 saturated carbocycles. The number of ether oxygens (including phenoxy) is 2. The van der Waals surface area contributed by atoms with Gasteiger partial charge in [0, 0.05) is 19.3 Å². The first-order chi connectivity index (χ1) is 8.26. The van der Waals surface area contributed by atoms with E-state index in [-0.39, 0.29) is 11.8 Å². The minimum absolute atomic E-state index is 0.187. The molecule has 5 heteroatoms. The van der Waals surface area contributed by atoms with Crippen molar-refractivity contribution in [3.8, 4) is 5.88 Å². The fraction of sp³-hybridized carbons (Fsp3) is 0.250. The van der Waals surface area contributed by atoms with Crippen LogP contribution < -0.4 is 4.74 Å². The molecule has 17 heavy (non-hydrogen) atoms. The van der Waals surface area contributed by atoms with Crippen LogP contribution in [0.4, 0.5) is 4.79 Å². The zero-order valence-electron chi connectivity index (χ0n) is 9.79. The summed E-state index contributed by atoms with van der Waals surface area (Å²) in [6.45, 7) is 1.97. The van der Waals surface area contributed by atoms with Gasteiger partial charge in [-0.25, -0.2) is 9.78 Å². The maximum absolute atomic E-state index is 11.3. The topological polar surface area (TPSA) is 60.8 Å². The van der Waals surface area contributed by atoms with E-state index in [0.29, 0.717) is 0 Å². The second-order valence-electron chi connectivity index (χ2n) is 2.99. The van der Waals surface area contributed by atoms with Gasteiger partial charge in [0.1, 0.15) is 0 Å². The predicted molar refractivity (Wildman–Crippen MR) is 64.1 cm³/mol. The number of aromatic nitrogens is 1. The molecule has 0 amide bonds. The SMILES string of the molecule is CC/C=C\C(=NC)OC(=O)Oc1ccccn1. The highest BCUT2D eigenvalue weighted by molar-refractivity contribution is 5.94. The van der Waals surface area contributed by atoms with E-state index in [1.54, 1.807) is 24.3 Å². The molecular weight excluding hydrogens is 220 g/mol. The van der Waals surface area contributed by atoms with E-state index in [4.69, 9.17) is 9.47 Å². The zero-order valence-corrected chi connectivity index (χ0v) is 9.79. The number of hydrogen-bond acceptors (Lipinski definition) is 5. The lowest BCUT2D eigenvalue weighted by Crippen LogP contribution is -2.15. The van der Waals surface area contributed by atoms with Gasteiger partial charge < -0.3 is 9.47 Å². The van der Waals surface area contributed by atoms with Crippen molar-refractivity contribution in [1.29, 1.82) is 0 Å². The van der Waals surface area contributed by atoms with Crippen LogP contribution in [-0.4, -0.2) is 24.1 Å². The standard InChI is InChI=1S/C12H14N2O3/c1-3-4-7-10(13-2)16-12(15)17-11-8-5-6-9-14-11/h4-9H,3H2,1-2H3/b7-4-,13-10?. The van der Waals surface area contributed by atoms with E-state index in [2.05, 4.69) is 9.98 Å². The van der Waals surface area contributed by atoms with Crippen LogP contribution in [0.2, 0.25) is 0 Å². The number of rotatable bonds is 3. The van der Waals surface area contributed by atoms with Crippen LogP contribution in [-0.2, 0) is 4.74 Å². The Bertz CT molecular complexity index is 413. The highest BCUT2D eigenvalue weighted by Crippen LogP contribution is 2.04. The van der Waals surface area contributed by atoms with Crippen molar-refractivity contribution >= 4 is 12.1 Å². The molecule has 1 aromatic heterocycles. The zero-order chi connectivity index (χ0) is 12.5. The average Bonchev–Trinajstić information content (AvgIpc) is 2.35. The quantitative estimate of drug-likeness (QED) is 0.458. The largest absolute Gasteiger partial charge is 0.522 e. The van der Waals surface area contributed by atoms with Crippen LogP contribution in [0.15, 0.2) is 41.5 Å². The molecule has 0 aliphatic rings. The van der Waals surface area contributed by atoms with E-state index >= 15 is 0 Å². The van der Waals surface area contributed by atoms with Crippen molar-refractivity contribution in [2.45, 2.75) is 13.3 Å². The molecule has 0 bridgehead atoms. The fourth-order valence-corrected chi connectivity index (χ4v) is 0.972. The molecule has 0 spiro atoms. The van der Waals surface area contributed by atoms with Crippen molar-refractivity contribution in [2.75, 3.05) is 7.05 Å². The fourth-order valence-electron chi connectivity index (χ4n) is 0.972. The van der Waals surface area contributed by atoms with E-state index in [0.717, 1.165) is 6.42 Å². The van der Waals surface area contributed by atoms with Gasteiger partial charge in [0.25, 0.3) is 0 Å². The van der Waals surface area contributed by atoms with Gasteiger partial charge in [0.05, 0.1) is 0 Å². The molecule has 1 rings (SSSR count). The van der Waals surface area contributed by atoms with Crippen molar-refractivity contribution < 1.29 is 14.3 Å². The summed E-state index contributed by atoms with van der Waals surface area (Å²) in [7, 11) is 1.53. The third-order valence-corrected chi connectivity index (χ3v) is 1.73. The van der Waals surface area contributed by atoms with Gasteiger partial charge in [-0.15, -0.1) is 0 Å². The molecule has 1 heterocycles. The van der Waals surface area contributed by atoms with Crippen molar-refractivity contribution in [3.63, 3.8) is 0 Å².